The van der Waals surface area contributed by atoms with Crippen molar-refractivity contribution in [1.29, 1.82) is 0 Å². The third kappa shape index (κ3) is 5.51. The third-order valence-electron chi connectivity index (χ3n) is 11.2. The highest BCUT2D eigenvalue weighted by molar-refractivity contribution is 5.97. The van der Waals surface area contributed by atoms with E-state index >= 15 is 4.39 Å². The Balaban J connectivity index is 1.25. The summed E-state index contributed by atoms with van der Waals surface area (Å²) in [5.74, 6) is -4.94. The van der Waals surface area contributed by atoms with E-state index in [-0.39, 0.29) is 43.6 Å². The van der Waals surface area contributed by atoms with Crippen LogP contribution in [0.5, 0.6) is 0 Å². The molecule has 0 saturated heterocycles. The van der Waals surface area contributed by atoms with Crippen LogP contribution in [0.2, 0.25) is 0 Å². The van der Waals surface area contributed by atoms with Gasteiger partial charge in [0.1, 0.15) is 6.61 Å². The second-order valence-corrected chi connectivity index (χ2v) is 13.5. The average Bonchev–Trinajstić information content (AvgIpc) is 3.24. The van der Waals surface area contributed by atoms with Crippen molar-refractivity contribution in [2.24, 2.45) is 22.7 Å². The Hall–Kier alpha value is -4.05. The normalized spacial score (nSPS) is 35.7. The number of esters is 1. The maximum atomic E-state index is 17.3. The lowest BCUT2D eigenvalue weighted by Gasteiger charge is -2.61. The first-order chi connectivity index (χ1) is 22.5. The van der Waals surface area contributed by atoms with E-state index in [9.17, 15) is 49.7 Å². The quantitative estimate of drug-likeness (QED) is 0.0948. The molecule has 1 amide bonds. The number of benzene rings is 1. The molecule has 15 heteroatoms. The molecule has 1 unspecified atom stereocenters. The molecule has 9 atom stereocenters. The topological polar surface area (TPSA) is 223 Å². The van der Waals surface area contributed by atoms with Crippen molar-refractivity contribution in [3.63, 3.8) is 0 Å². The third-order valence-corrected chi connectivity index (χ3v) is 11.2. The molecule has 0 spiro atoms. The van der Waals surface area contributed by atoms with E-state index in [4.69, 9.17) is 4.74 Å². The zero-order valence-corrected chi connectivity index (χ0v) is 26.5. The zero-order chi connectivity index (χ0) is 35.2. The fourth-order valence-electron chi connectivity index (χ4n) is 8.46. The van der Waals surface area contributed by atoms with Gasteiger partial charge in [0.15, 0.2) is 29.7 Å². The Labute approximate surface area is 274 Å². The van der Waals surface area contributed by atoms with Crippen molar-refractivity contribution < 1.29 is 58.7 Å². The molecule has 1 aromatic rings. The summed E-state index contributed by atoms with van der Waals surface area (Å²) in [7, 11) is 0. The maximum Gasteiger partial charge on any atom is 0.331 e. The van der Waals surface area contributed by atoms with Crippen molar-refractivity contribution in [2.45, 2.75) is 75.5 Å². The van der Waals surface area contributed by atoms with Gasteiger partial charge in [-0.2, -0.15) is 0 Å². The molecule has 1 aromatic carbocycles. The molecular weight excluding hydrogens is 635 g/mol. The van der Waals surface area contributed by atoms with Crippen molar-refractivity contribution in [1.82, 2.24) is 5.32 Å². The van der Waals surface area contributed by atoms with E-state index in [1.54, 1.807) is 13.0 Å². The van der Waals surface area contributed by atoms with Gasteiger partial charge in [0, 0.05) is 28.7 Å². The van der Waals surface area contributed by atoms with Crippen LogP contribution in [0, 0.1) is 32.8 Å². The Morgan fingerprint density at radius 3 is 2.48 bits per heavy atom. The summed E-state index contributed by atoms with van der Waals surface area (Å²) in [6.45, 7) is 0.984. The van der Waals surface area contributed by atoms with Gasteiger partial charge in [0.2, 0.25) is 5.78 Å². The Morgan fingerprint density at radius 1 is 1.15 bits per heavy atom. The number of halogens is 1. The summed E-state index contributed by atoms with van der Waals surface area (Å²) < 4.78 is 22.4. The largest absolute Gasteiger partial charge is 0.456 e. The predicted octanol–water partition coefficient (Wildman–Crippen LogP) is 0.713. The van der Waals surface area contributed by atoms with Crippen LogP contribution in [-0.2, 0) is 30.4 Å². The molecule has 14 nitrogen and oxygen atoms in total. The summed E-state index contributed by atoms with van der Waals surface area (Å²) in [5, 5.41) is 55.8. The molecule has 2 fully saturated rings. The first-order valence-corrected chi connectivity index (χ1v) is 15.7. The highest BCUT2D eigenvalue weighted by atomic mass is 19.1. The zero-order valence-electron chi connectivity index (χ0n) is 26.5. The van der Waals surface area contributed by atoms with Crippen molar-refractivity contribution in [2.75, 3.05) is 19.8 Å². The van der Waals surface area contributed by atoms with Crippen LogP contribution in [0.25, 0.3) is 0 Å². The number of fused-ring (bicyclic) bond motifs is 5. The number of nitrogens with one attached hydrogen (secondary N) is 1. The van der Waals surface area contributed by atoms with Gasteiger partial charge in [-0.3, -0.25) is 14.4 Å². The molecule has 5 rings (SSSR count). The van der Waals surface area contributed by atoms with Gasteiger partial charge < -0.3 is 35.3 Å². The first-order valence-electron chi connectivity index (χ1n) is 15.7. The Morgan fingerprint density at radius 2 is 1.83 bits per heavy atom. The van der Waals surface area contributed by atoms with Crippen LogP contribution >= 0.6 is 0 Å². The van der Waals surface area contributed by atoms with E-state index in [1.165, 1.54) is 43.3 Å². The first kappa shape index (κ1) is 35.3. The minimum absolute atomic E-state index is 0.0155. The smallest absolute Gasteiger partial charge is 0.331 e. The highest BCUT2D eigenvalue weighted by Crippen LogP contribution is 2.69. The molecule has 48 heavy (non-hydrogen) atoms. The minimum Gasteiger partial charge on any atom is -0.456 e. The summed E-state index contributed by atoms with van der Waals surface area (Å²) in [5.41, 5.74) is -6.35. The number of ketones is 2. The molecule has 2 saturated carbocycles. The average molecular weight is 675 g/mol. The molecule has 0 bridgehead atoms. The van der Waals surface area contributed by atoms with Crippen LogP contribution in [0.4, 0.5) is 4.39 Å². The van der Waals surface area contributed by atoms with Gasteiger partial charge in [0.25, 0.3) is 11.0 Å². The number of ether oxygens (including phenoxy) is 1. The van der Waals surface area contributed by atoms with E-state index < -0.39 is 94.6 Å². The van der Waals surface area contributed by atoms with Gasteiger partial charge in [-0.1, -0.05) is 36.8 Å². The summed E-state index contributed by atoms with van der Waals surface area (Å²) in [6, 6.07) is 4.23. The van der Waals surface area contributed by atoms with Crippen LogP contribution in [0.3, 0.4) is 0 Å². The van der Waals surface area contributed by atoms with E-state index in [2.05, 4.69) is 10.2 Å². The molecule has 5 N–H and O–H groups in total. The highest BCUT2D eigenvalue weighted by Gasteiger charge is 2.76. The van der Waals surface area contributed by atoms with E-state index in [0.29, 0.717) is 11.1 Å². The maximum absolute atomic E-state index is 17.3. The van der Waals surface area contributed by atoms with E-state index in [1.807, 2.05) is 0 Å². The van der Waals surface area contributed by atoms with Crippen LogP contribution < -0.4 is 5.32 Å². The SMILES string of the molecule is C[C@]12C=CC(=O)CC1=CC[C@H]1[C@@H]3C[C@@H](O)[C@](O)(C(=O)COC(=O)C(CO)NC(=O)c4ccc(CCO[N+](=O)[O-])cc4)[C@@]3(C)C[C@H](O)[C@@]12F. The molecule has 0 radical (unpaired) electrons. The van der Waals surface area contributed by atoms with Crippen LogP contribution in [0.15, 0.2) is 48.1 Å². The number of carbonyl (C=O) groups excluding carboxylic acids is 4. The minimum atomic E-state index is -2.53. The lowest BCUT2D eigenvalue weighted by atomic mass is 9.45. The standard InChI is InChI=1S/C33H39FN2O12/c1-30-11-9-21(38)13-20(30)7-8-22-23-14-25(39)33(44,31(23,2)15-26(40)32(22,30)34)27(41)17-47-29(43)24(16-37)35-28(42)19-5-3-18(4-6-19)10-12-48-36(45)46/h3-7,9,11,22-26,37,39-40,44H,8,10,12-17H2,1-2H3,(H,35,42)/t22-,23-,24?,25+,26-,30-,31-,32-,33-/m0/s1. The lowest BCUT2D eigenvalue weighted by molar-refractivity contribution is -0.757. The number of Topliss-reactive ketones (excluding diaryl/α,β-unsaturated/α-hetero) is 1. The van der Waals surface area contributed by atoms with Gasteiger partial charge >= 0.3 is 5.97 Å². The van der Waals surface area contributed by atoms with Crippen LogP contribution in [-0.4, -0.2) is 98.3 Å². The molecule has 4 aliphatic carbocycles. The Kier molecular flexibility index (Phi) is 9.38. The second-order valence-electron chi connectivity index (χ2n) is 13.5. The van der Waals surface area contributed by atoms with Gasteiger partial charge in [0.05, 0.1) is 18.8 Å². The number of hydrogen-bond acceptors (Lipinski definition) is 12. The monoisotopic (exact) mass is 674 g/mol. The number of allylic oxidation sites excluding steroid dienone is 4. The molecule has 4 aliphatic rings. The van der Waals surface area contributed by atoms with Crippen LogP contribution in [0.1, 0.15) is 55.5 Å². The van der Waals surface area contributed by atoms with E-state index in [0.717, 1.165) is 0 Å². The summed E-state index contributed by atoms with van der Waals surface area (Å²) >= 11 is 0. The number of nitrogens with zero attached hydrogens (tertiary/aromatic N) is 1. The molecular formula is C33H39FN2O12. The lowest BCUT2D eigenvalue weighted by Crippen LogP contribution is -2.69. The fraction of sp³-hybridized carbons (Fsp3) is 0.576. The van der Waals surface area contributed by atoms with Crippen molar-refractivity contribution in [3.05, 3.63) is 69.3 Å². The summed E-state index contributed by atoms with van der Waals surface area (Å²) in [4.78, 5) is 65.8. The molecule has 260 valence electrons. The number of alkyl halides is 1. The Bertz CT molecular complexity index is 1560. The summed E-state index contributed by atoms with van der Waals surface area (Å²) in [6.07, 6.45) is 0.929. The predicted molar refractivity (Wildman–Crippen MR) is 162 cm³/mol. The van der Waals surface area contributed by atoms with Gasteiger partial charge in [-0.05, 0) is 62.3 Å². The number of hydrogen-bond donors (Lipinski definition) is 5. The number of amides is 1. The number of aliphatic hydroxyl groups excluding tert-OH is 3. The van der Waals surface area contributed by atoms with Crippen molar-refractivity contribution in [3.8, 4) is 0 Å². The molecule has 0 aromatic heterocycles. The number of carbonyl (C=O) groups is 4. The van der Waals surface area contributed by atoms with Crippen molar-refractivity contribution >= 4 is 23.4 Å². The fourth-order valence-corrected chi connectivity index (χ4v) is 8.46. The molecule has 0 heterocycles. The van der Waals surface area contributed by atoms with Gasteiger partial charge in [-0.25, -0.2) is 9.18 Å². The second kappa shape index (κ2) is 12.8. The van der Waals surface area contributed by atoms with Gasteiger partial charge in [-0.15, -0.1) is 10.1 Å². The number of aliphatic hydroxyl groups is 4. The number of rotatable bonds is 11. The molecule has 0 aliphatic heterocycles.